The molecule has 8 nitrogen and oxygen atoms in total. The lowest BCUT2D eigenvalue weighted by molar-refractivity contribution is -0.116. The Labute approximate surface area is 176 Å². The van der Waals surface area contributed by atoms with Crippen LogP contribution in [0.4, 0.5) is 11.4 Å². The van der Waals surface area contributed by atoms with E-state index in [1.165, 1.54) is 14.0 Å². The molecule has 0 bridgehead atoms. The van der Waals surface area contributed by atoms with E-state index in [2.05, 4.69) is 5.32 Å². The summed E-state index contributed by atoms with van der Waals surface area (Å²) in [5.41, 5.74) is 1.60. The fourth-order valence-electron chi connectivity index (χ4n) is 2.98. The van der Waals surface area contributed by atoms with Crippen molar-refractivity contribution in [3.8, 4) is 5.75 Å². The van der Waals surface area contributed by atoms with Gasteiger partial charge in [0.1, 0.15) is 11.8 Å². The highest BCUT2D eigenvalue weighted by molar-refractivity contribution is 7.92. The van der Waals surface area contributed by atoms with Crippen molar-refractivity contribution in [1.82, 2.24) is 0 Å². The summed E-state index contributed by atoms with van der Waals surface area (Å²) in [6.45, 7) is 5.12. The maximum absolute atomic E-state index is 12.9. The molecular weight excluding hydrogens is 408 g/mol. The molecule has 0 radical (unpaired) electrons. The van der Waals surface area contributed by atoms with Gasteiger partial charge in [0.25, 0.3) is 0 Å². The number of carbonyl (C=O) groups is 2. The van der Waals surface area contributed by atoms with E-state index in [-0.39, 0.29) is 6.61 Å². The summed E-state index contributed by atoms with van der Waals surface area (Å²) in [5.74, 6) is -0.466. The van der Waals surface area contributed by atoms with E-state index in [1.54, 1.807) is 56.3 Å². The van der Waals surface area contributed by atoms with E-state index in [0.717, 1.165) is 10.6 Å². The third-order valence-electron chi connectivity index (χ3n) is 4.50. The molecule has 1 amide bonds. The Morgan fingerprint density at radius 2 is 1.77 bits per heavy atom. The van der Waals surface area contributed by atoms with Gasteiger partial charge in [-0.3, -0.25) is 9.10 Å². The highest BCUT2D eigenvalue weighted by Gasteiger charge is 2.29. The number of rotatable bonds is 8. The Hall–Kier alpha value is -3.07. The van der Waals surface area contributed by atoms with Gasteiger partial charge in [0.15, 0.2) is 0 Å². The predicted octanol–water partition coefficient (Wildman–Crippen LogP) is 2.97. The van der Waals surface area contributed by atoms with Crippen LogP contribution in [0.15, 0.2) is 42.5 Å². The first-order chi connectivity index (χ1) is 14.1. The van der Waals surface area contributed by atoms with Crippen molar-refractivity contribution in [2.45, 2.75) is 26.8 Å². The summed E-state index contributed by atoms with van der Waals surface area (Å²) in [5, 5.41) is 2.71. The summed E-state index contributed by atoms with van der Waals surface area (Å²) < 4.78 is 36.0. The fraction of sp³-hybridized carbons (Fsp3) is 0.333. The first-order valence-corrected chi connectivity index (χ1v) is 11.2. The minimum absolute atomic E-state index is 0.233. The molecule has 162 valence electrons. The van der Waals surface area contributed by atoms with Crippen molar-refractivity contribution >= 4 is 33.3 Å². The van der Waals surface area contributed by atoms with Crippen LogP contribution in [0.2, 0.25) is 0 Å². The highest BCUT2D eigenvalue weighted by Crippen LogP contribution is 2.25. The van der Waals surface area contributed by atoms with Gasteiger partial charge in [0.05, 0.1) is 31.2 Å². The number of anilines is 2. The zero-order valence-electron chi connectivity index (χ0n) is 17.6. The Morgan fingerprint density at radius 1 is 1.13 bits per heavy atom. The zero-order chi connectivity index (χ0) is 22.5. The number of nitrogens with zero attached hydrogens (tertiary/aromatic N) is 1. The molecule has 0 aliphatic carbocycles. The first kappa shape index (κ1) is 23.2. The summed E-state index contributed by atoms with van der Waals surface area (Å²) >= 11 is 0. The molecule has 1 N–H and O–H groups in total. The molecule has 0 unspecified atom stereocenters. The van der Waals surface area contributed by atoms with Crippen LogP contribution >= 0.6 is 0 Å². The van der Waals surface area contributed by atoms with Gasteiger partial charge in [-0.2, -0.15) is 0 Å². The molecule has 9 heteroatoms. The predicted molar refractivity (Wildman–Crippen MR) is 116 cm³/mol. The van der Waals surface area contributed by atoms with Gasteiger partial charge in [0.2, 0.25) is 15.9 Å². The minimum Gasteiger partial charge on any atom is -0.497 e. The maximum atomic E-state index is 12.9. The van der Waals surface area contributed by atoms with E-state index in [0.29, 0.717) is 28.3 Å². The number of hydrogen-bond donors (Lipinski definition) is 1. The smallest absolute Gasteiger partial charge is 0.338 e. The molecule has 0 heterocycles. The number of methoxy groups -OCH3 is 1. The van der Waals surface area contributed by atoms with Gasteiger partial charge >= 0.3 is 5.97 Å². The molecule has 0 saturated carbocycles. The third kappa shape index (κ3) is 5.29. The Kier molecular flexibility index (Phi) is 7.44. The zero-order valence-corrected chi connectivity index (χ0v) is 18.4. The summed E-state index contributed by atoms with van der Waals surface area (Å²) in [6, 6.07) is 10.2. The van der Waals surface area contributed by atoms with Gasteiger partial charge in [-0.25, -0.2) is 13.2 Å². The van der Waals surface area contributed by atoms with E-state index in [4.69, 9.17) is 9.47 Å². The quantitative estimate of drug-likeness (QED) is 0.641. The molecule has 2 aromatic rings. The molecule has 0 saturated heterocycles. The molecule has 2 aromatic carbocycles. The van der Waals surface area contributed by atoms with Crippen molar-refractivity contribution < 1.29 is 27.5 Å². The number of carbonyl (C=O) groups excluding carboxylic acids is 2. The van der Waals surface area contributed by atoms with Crippen molar-refractivity contribution in [1.29, 1.82) is 0 Å². The lowest BCUT2D eigenvalue weighted by Gasteiger charge is -2.28. The molecule has 2 rings (SSSR count). The fourth-order valence-corrected chi connectivity index (χ4v) is 4.15. The second kappa shape index (κ2) is 9.62. The molecule has 0 aliphatic heterocycles. The van der Waals surface area contributed by atoms with Gasteiger partial charge < -0.3 is 14.8 Å². The Bertz CT molecular complexity index is 1020. The number of hydrogen-bond acceptors (Lipinski definition) is 6. The SMILES string of the molecule is CCOC(=O)c1cccc(NC(=O)[C@@H](C)N(c2ccc(OC)cc2)S(C)(=O)=O)c1C. The number of esters is 1. The number of amides is 1. The number of sulfonamides is 1. The van der Waals surface area contributed by atoms with Crippen molar-refractivity contribution in [2.24, 2.45) is 0 Å². The molecule has 30 heavy (non-hydrogen) atoms. The topological polar surface area (TPSA) is 102 Å². The van der Waals surface area contributed by atoms with Gasteiger partial charge in [-0.05, 0) is 62.7 Å². The average molecular weight is 435 g/mol. The molecule has 1 atom stereocenters. The standard InChI is InChI=1S/C21H26N2O6S/c1-6-29-21(25)18-8-7-9-19(14(18)2)22-20(24)15(3)23(30(5,26)27)16-10-12-17(28-4)13-11-16/h7-13,15H,6H2,1-5H3,(H,22,24)/t15-/m1/s1. The molecule has 0 spiro atoms. The lowest BCUT2D eigenvalue weighted by atomic mass is 10.1. The van der Waals surface area contributed by atoms with Crippen LogP contribution in [-0.2, 0) is 19.6 Å². The van der Waals surface area contributed by atoms with E-state index in [1.807, 2.05) is 0 Å². The summed E-state index contributed by atoms with van der Waals surface area (Å²) in [7, 11) is -2.25. The summed E-state index contributed by atoms with van der Waals surface area (Å²) in [6.07, 6.45) is 1.04. The largest absolute Gasteiger partial charge is 0.497 e. The van der Waals surface area contributed by atoms with Gasteiger partial charge in [0, 0.05) is 5.69 Å². The van der Waals surface area contributed by atoms with Crippen molar-refractivity contribution in [2.75, 3.05) is 29.6 Å². The Morgan fingerprint density at radius 3 is 2.30 bits per heavy atom. The molecule has 0 aliphatic rings. The number of ether oxygens (including phenoxy) is 2. The van der Waals surface area contributed by atoms with Crippen LogP contribution in [0.3, 0.4) is 0 Å². The Balaban J connectivity index is 2.32. The van der Waals surface area contributed by atoms with E-state index < -0.39 is 27.9 Å². The van der Waals surface area contributed by atoms with Crippen LogP contribution in [-0.4, -0.2) is 46.3 Å². The maximum Gasteiger partial charge on any atom is 0.338 e. The minimum atomic E-state index is -3.76. The normalized spacial score (nSPS) is 12.0. The van der Waals surface area contributed by atoms with Crippen LogP contribution in [0.5, 0.6) is 5.75 Å². The number of nitrogens with one attached hydrogen (secondary N) is 1. The van der Waals surface area contributed by atoms with Crippen molar-refractivity contribution in [3.63, 3.8) is 0 Å². The lowest BCUT2D eigenvalue weighted by Crippen LogP contribution is -2.45. The van der Waals surface area contributed by atoms with Crippen LogP contribution in [0.1, 0.15) is 29.8 Å². The first-order valence-electron chi connectivity index (χ1n) is 9.31. The second-order valence-electron chi connectivity index (χ2n) is 6.62. The second-order valence-corrected chi connectivity index (χ2v) is 8.48. The average Bonchev–Trinajstić information content (AvgIpc) is 2.69. The molecule has 0 aromatic heterocycles. The third-order valence-corrected chi connectivity index (χ3v) is 5.74. The van der Waals surface area contributed by atoms with Crippen LogP contribution < -0.4 is 14.4 Å². The highest BCUT2D eigenvalue weighted by atomic mass is 32.2. The van der Waals surface area contributed by atoms with Crippen LogP contribution in [0.25, 0.3) is 0 Å². The van der Waals surface area contributed by atoms with Gasteiger partial charge in [-0.1, -0.05) is 6.07 Å². The van der Waals surface area contributed by atoms with Gasteiger partial charge in [-0.15, -0.1) is 0 Å². The van der Waals surface area contributed by atoms with E-state index >= 15 is 0 Å². The molecule has 0 fully saturated rings. The summed E-state index contributed by atoms with van der Waals surface area (Å²) in [4.78, 5) is 25.0. The van der Waals surface area contributed by atoms with Crippen LogP contribution in [0, 0.1) is 6.92 Å². The number of benzene rings is 2. The monoisotopic (exact) mass is 434 g/mol. The van der Waals surface area contributed by atoms with Crippen molar-refractivity contribution in [3.05, 3.63) is 53.6 Å². The molecular formula is C21H26N2O6S. The van der Waals surface area contributed by atoms with E-state index in [9.17, 15) is 18.0 Å².